The molecule has 0 unspecified atom stereocenters. The van der Waals surface area contributed by atoms with E-state index < -0.39 is 169 Å². The van der Waals surface area contributed by atoms with E-state index in [1.165, 1.54) is 6.92 Å². The van der Waals surface area contributed by atoms with E-state index >= 15 is 0 Å². The second-order valence-corrected chi connectivity index (χ2v) is 22.4. The normalized spacial score (nSPS) is 14.2. The summed E-state index contributed by atoms with van der Waals surface area (Å²) in [6.45, 7) is 22.8. The summed E-state index contributed by atoms with van der Waals surface area (Å²) < 4.78 is 27.3. The Hall–Kier alpha value is -6.85. The van der Waals surface area contributed by atoms with Crippen LogP contribution in [0.3, 0.4) is 0 Å². The molecule has 24 heteroatoms. The maximum absolute atomic E-state index is 14.5. The molecule has 7 amide bonds. The number of hydrogen-bond acceptors (Lipinski definition) is 16. The van der Waals surface area contributed by atoms with Gasteiger partial charge in [0.05, 0.1) is 18.6 Å². The number of ether oxygens (including phenoxy) is 5. The second-order valence-electron chi connectivity index (χ2n) is 22.4. The summed E-state index contributed by atoms with van der Waals surface area (Å²) in [5, 5.41) is 26.4. The topological polar surface area (TPSA) is 338 Å². The number of aliphatic carboxylic acids is 1. The Kier molecular flexibility index (Phi) is 27.1. The fraction of sp³-hybridized carbons (Fsp3) is 0.673. The molecule has 0 aliphatic heterocycles. The van der Waals surface area contributed by atoms with Gasteiger partial charge in [-0.3, -0.25) is 47.9 Å². The molecule has 0 bridgehead atoms. The van der Waals surface area contributed by atoms with Gasteiger partial charge in [-0.05, 0) is 121 Å². The number of amides is 7. The highest BCUT2D eigenvalue weighted by Gasteiger charge is 2.36. The number of nitrogens with one attached hydrogen (secondary N) is 7. The van der Waals surface area contributed by atoms with Crippen LogP contribution in [0.2, 0.25) is 0 Å². The minimum atomic E-state index is -1.76. The van der Waals surface area contributed by atoms with Crippen molar-refractivity contribution in [1.29, 1.82) is 0 Å². The summed E-state index contributed by atoms with van der Waals surface area (Å²) in [6.07, 6.45) is -3.63. The number of benzene rings is 1. The first-order valence-corrected chi connectivity index (χ1v) is 25.1. The maximum atomic E-state index is 14.5. The van der Waals surface area contributed by atoms with Gasteiger partial charge in [0.25, 0.3) is 0 Å². The molecule has 24 nitrogen and oxygen atoms in total. The smallest absolute Gasteiger partial charge is 0.407 e. The van der Waals surface area contributed by atoms with Crippen molar-refractivity contribution in [1.82, 2.24) is 37.2 Å². The highest BCUT2D eigenvalue weighted by molar-refractivity contribution is 5.98. The number of carboxylic acid groups (broad SMARTS) is 1. The fourth-order valence-corrected chi connectivity index (χ4v) is 6.46. The molecule has 0 radical (unpaired) electrons. The van der Waals surface area contributed by atoms with E-state index in [9.17, 15) is 57.8 Å². The number of carbonyl (C=O) groups excluding carboxylic acids is 10. The zero-order valence-corrected chi connectivity index (χ0v) is 46.8. The van der Waals surface area contributed by atoms with Gasteiger partial charge in [-0.1, -0.05) is 44.2 Å². The monoisotopic (exact) mass is 1080 g/mol. The van der Waals surface area contributed by atoms with Crippen molar-refractivity contribution in [2.45, 2.75) is 208 Å². The van der Waals surface area contributed by atoms with Crippen LogP contribution in [0.4, 0.5) is 4.79 Å². The highest BCUT2D eigenvalue weighted by Crippen LogP contribution is 2.16. The van der Waals surface area contributed by atoms with Gasteiger partial charge >= 0.3 is 30.0 Å². The quantitative estimate of drug-likeness (QED) is 0.0442. The summed E-state index contributed by atoms with van der Waals surface area (Å²) in [5.41, 5.74) is -3.19. The fourth-order valence-electron chi connectivity index (χ4n) is 6.46. The van der Waals surface area contributed by atoms with Crippen LogP contribution in [0.1, 0.15) is 148 Å². The molecule has 428 valence electrons. The van der Waals surface area contributed by atoms with Crippen LogP contribution >= 0.6 is 0 Å². The molecule has 8 N–H and O–H groups in total. The summed E-state index contributed by atoms with van der Waals surface area (Å²) >= 11 is 0. The predicted molar refractivity (Wildman–Crippen MR) is 275 cm³/mol. The zero-order chi connectivity index (χ0) is 58.4. The summed E-state index contributed by atoms with van der Waals surface area (Å²) in [6, 6.07) is -0.673. The zero-order valence-electron chi connectivity index (χ0n) is 46.8. The molecule has 0 spiro atoms. The minimum absolute atomic E-state index is 0.0543. The summed E-state index contributed by atoms with van der Waals surface area (Å²) in [5.74, 6) is -10.1. The Balaban J connectivity index is 3.74. The van der Waals surface area contributed by atoms with Gasteiger partial charge in [0.2, 0.25) is 35.4 Å². The molecule has 76 heavy (non-hydrogen) atoms. The first-order chi connectivity index (χ1) is 34.8. The van der Waals surface area contributed by atoms with Crippen LogP contribution in [-0.4, -0.2) is 142 Å². The van der Waals surface area contributed by atoms with Crippen molar-refractivity contribution in [3.8, 4) is 0 Å². The first-order valence-electron chi connectivity index (χ1n) is 25.1. The van der Waals surface area contributed by atoms with Gasteiger partial charge in [-0.25, -0.2) is 4.79 Å². The van der Waals surface area contributed by atoms with Crippen LogP contribution in [0, 0.1) is 5.92 Å². The van der Waals surface area contributed by atoms with Gasteiger partial charge in [-0.15, -0.1) is 0 Å². The number of rotatable bonds is 28. The van der Waals surface area contributed by atoms with E-state index in [1.807, 2.05) is 0 Å². The number of esters is 3. The minimum Gasteiger partial charge on any atom is -0.480 e. The number of carbonyl (C=O) groups is 11. The van der Waals surface area contributed by atoms with Crippen molar-refractivity contribution in [2.24, 2.45) is 5.92 Å². The van der Waals surface area contributed by atoms with Crippen molar-refractivity contribution in [2.75, 3.05) is 13.2 Å². The Bertz CT molecular complexity index is 2160. The van der Waals surface area contributed by atoms with E-state index in [0.29, 0.717) is 5.56 Å². The van der Waals surface area contributed by atoms with Gasteiger partial charge < -0.3 is 66.0 Å². The van der Waals surface area contributed by atoms with Crippen LogP contribution < -0.4 is 37.2 Å². The molecular weight excluding hydrogens is 995 g/mol. The van der Waals surface area contributed by atoms with E-state index in [2.05, 4.69) is 37.2 Å². The molecule has 0 aliphatic carbocycles. The standard InChI is InChI=1S/C52H83N7O17/c1-30(2)25-35(44(66)54-31(3)47(69)70)58-46(68)37(29-73-49(4,5)6)59-43(65)34(22-24-40(62)75-51(10,11)12)56-42(64)33(21-23-39(61)74-50(7,8)9)57-45(67)36(26-41(63)76-52(13,14)15)55-38(60)27-53-48(71)72-28-32-19-17-16-18-20-32/h16-20,30-31,33-37H,21-29H2,1-15H3,(H,53,71)(H,54,66)(H,55,60)(H,56,64)(H,57,67)(H,58,68)(H,59,65)(H,69,70)/t31-,33-,34-,35-,36-,37-/m0/s1. The van der Waals surface area contributed by atoms with Crippen LogP contribution in [-0.2, 0) is 78.2 Å². The molecule has 1 aromatic carbocycles. The number of hydrogen-bond donors (Lipinski definition) is 8. The maximum Gasteiger partial charge on any atom is 0.407 e. The highest BCUT2D eigenvalue weighted by atomic mass is 16.6. The molecule has 0 heterocycles. The third kappa shape index (κ3) is 30.5. The Morgan fingerprint density at radius 1 is 0.513 bits per heavy atom. The lowest BCUT2D eigenvalue weighted by Gasteiger charge is -2.29. The van der Waals surface area contributed by atoms with E-state index in [-0.39, 0.29) is 18.9 Å². The average molecular weight is 1080 g/mol. The molecule has 0 saturated carbocycles. The van der Waals surface area contributed by atoms with Gasteiger partial charge in [-0.2, -0.15) is 0 Å². The van der Waals surface area contributed by atoms with Crippen molar-refractivity contribution in [3.05, 3.63) is 35.9 Å². The largest absolute Gasteiger partial charge is 0.480 e. The van der Waals surface area contributed by atoms with Gasteiger partial charge in [0.15, 0.2) is 0 Å². The lowest BCUT2D eigenvalue weighted by atomic mass is 10.0. The van der Waals surface area contributed by atoms with E-state index in [0.717, 1.165) is 0 Å². The van der Waals surface area contributed by atoms with Crippen LogP contribution in [0.5, 0.6) is 0 Å². The Morgan fingerprint density at radius 3 is 1.38 bits per heavy atom. The molecule has 1 rings (SSSR count). The third-order valence-corrected chi connectivity index (χ3v) is 9.81. The lowest BCUT2D eigenvalue weighted by Crippen LogP contribution is -2.60. The van der Waals surface area contributed by atoms with Gasteiger partial charge in [0, 0.05) is 12.8 Å². The Labute approximate surface area is 445 Å². The summed E-state index contributed by atoms with van der Waals surface area (Å²) in [4.78, 5) is 147. The molecule has 0 saturated heterocycles. The molecule has 0 aliphatic rings. The Morgan fingerprint density at radius 2 is 0.934 bits per heavy atom. The lowest BCUT2D eigenvalue weighted by molar-refractivity contribution is -0.157. The van der Waals surface area contributed by atoms with Crippen molar-refractivity contribution >= 4 is 65.4 Å². The van der Waals surface area contributed by atoms with Crippen molar-refractivity contribution < 1.29 is 81.5 Å². The molecule has 6 atom stereocenters. The molecule has 0 aromatic heterocycles. The first kappa shape index (κ1) is 67.2. The van der Waals surface area contributed by atoms with Crippen molar-refractivity contribution in [3.63, 3.8) is 0 Å². The van der Waals surface area contributed by atoms with E-state index in [1.54, 1.807) is 127 Å². The van der Waals surface area contributed by atoms with E-state index in [4.69, 9.17) is 23.7 Å². The third-order valence-electron chi connectivity index (χ3n) is 9.81. The number of carboxylic acids is 1. The summed E-state index contributed by atoms with van der Waals surface area (Å²) in [7, 11) is 0. The van der Waals surface area contributed by atoms with Crippen LogP contribution in [0.15, 0.2) is 30.3 Å². The molecule has 1 aromatic rings. The second kappa shape index (κ2) is 30.6. The molecular formula is C52H83N7O17. The van der Waals surface area contributed by atoms with Gasteiger partial charge in [0.1, 0.15) is 66.2 Å². The SMILES string of the molecule is CC(C)C[C@H](NC(=O)[C@H](COC(C)(C)C)NC(=O)[C@H](CCC(=O)OC(C)(C)C)NC(=O)[C@H](CCC(=O)OC(C)(C)C)NC(=O)[C@H](CC(=O)OC(C)(C)C)NC(=O)CNC(=O)OCc1ccccc1)C(=O)N[C@@H](C)C(=O)O. The average Bonchev–Trinajstić information content (AvgIpc) is 3.26. The predicted octanol–water partition coefficient (Wildman–Crippen LogP) is 2.76. The molecule has 0 fully saturated rings. The number of alkyl carbamates (subject to hydrolysis) is 1. The van der Waals surface area contributed by atoms with Crippen LogP contribution in [0.25, 0.3) is 0 Å².